The van der Waals surface area contributed by atoms with E-state index in [1.165, 1.54) is 11.1 Å². The third kappa shape index (κ3) is 6.46. The van der Waals surface area contributed by atoms with Crippen molar-refractivity contribution >= 4 is 29.5 Å². The molecule has 0 amide bonds. The summed E-state index contributed by atoms with van der Waals surface area (Å²) in [6.07, 6.45) is 0.820. The smallest absolute Gasteiger partial charge is 0.332 e. The summed E-state index contributed by atoms with van der Waals surface area (Å²) in [5, 5.41) is 9.21. The van der Waals surface area contributed by atoms with Gasteiger partial charge in [0, 0.05) is 22.3 Å². The first kappa shape index (κ1) is 18.7. The van der Waals surface area contributed by atoms with Crippen molar-refractivity contribution in [2.45, 2.75) is 23.2 Å². The number of rotatable bonds is 10. The Kier molecular flexibility index (Phi) is 7.99. The van der Waals surface area contributed by atoms with Crippen LogP contribution in [0.5, 0.6) is 0 Å². The highest BCUT2D eigenvalue weighted by Gasteiger charge is 2.18. The van der Waals surface area contributed by atoms with E-state index in [0.717, 1.165) is 23.7 Å². The van der Waals surface area contributed by atoms with Crippen LogP contribution >= 0.6 is 23.5 Å². The average molecular weight is 359 g/mol. The van der Waals surface area contributed by atoms with Gasteiger partial charge < -0.3 is 5.11 Å². The minimum atomic E-state index is -0.895. The van der Waals surface area contributed by atoms with Gasteiger partial charge in [-0.05, 0) is 23.3 Å². The van der Waals surface area contributed by atoms with Crippen LogP contribution in [0.2, 0.25) is 0 Å². The molecule has 1 N–H and O–H groups in total. The van der Waals surface area contributed by atoms with Crippen molar-refractivity contribution in [1.29, 1.82) is 0 Å². The SMILES string of the molecule is C=C(C(=O)O)C(CCSCc1ccccc1)SCc1ccccc1. The summed E-state index contributed by atoms with van der Waals surface area (Å²) in [7, 11) is 0. The molecular formula is C20H22O2S2. The summed E-state index contributed by atoms with van der Waals surface area (Å²) >= 11 is 3.50. The number of carboxylic acids is 1. The van der Waals surface area contributed by atoms with Crippen LogP contribution in [0.4, 0.5) is 0 Å². The molecule has 2 rings (SSSR count). The van der Waals surface area contributed by atoms with E-state index in [-0.39, 0.29) is 5.25 Å². The van der Waals surface area contributed by atoms with E-state index in [1.807, 2.05) is 48.2 Å². The molecule has 0 heterocycles. The van der Waals surface area contributed by atoms with E-state index >= 15 is 0 Å². The molecule has 0 radical (unpaired) electrons. The van der Waals surface area contributed by atoms with Gasteiger partial charge in [0.15, 0.2) is 0 Å². The summed E-state index contributed by atoms with van der Waals surface area (Å²) in [5.74, 6) is 1.79. The van der Waals surface area contributed by atoms with Crippen molar-refractivity contribution in [2.24, 2.45) is 0 Å². The highest BCUT2D eigenvalue weighted by Crippen LogP contribution is 2.27. The maximum absolute atomic E-state index is 11.3. The average Bonchev–Trinajstić information content (AvgIpc) is 2.62. The molecule has 1 atom stereocenters. The summed E-state index contributed by atoms with van der Waals surface area (Å²) in [6.45, 7) is 3.77. The zero-order valence-electron chi connectivity index (χ0n) is 13.6. The Morgan fingerprint density at radius 2 is 1.50 bits per heavy atom. The second-order valence-corrected chi connectivity index (χ2v) is 7.74. The number of hydrogen-bond donors (Lipinski definition) is 1. The molecule has 0 fully saturated rings. The molecule has 2 aromatic rings. The van der Waals surface area contributed by atoms with Gasteiger partial charge in [0.1, 0.15) is 0 Å². The van der Waals surface area contributed by atoms with Gasteiger partial charge in [0.25, 0.3) is 0 Å². The third-order valence-electron chi connectivity index (χ3n) is 3.59. The van der Waals surface area contributed by atoms with Crippen molar-refractivity contribution in [3.05, 3.63) is 83.9 Å². The van der Waals surface area contributed by atoms with Gasteiger partial charge in [0.05, 0.1) is 0 Å². The number of aliphatic carboxylic acids is 1. The predicted molar refractivity (Wildman–Crippen MR) is 106 cm³/mol. The van der Waals surface area contributed by atoms with Crippen LogP contribution < -0.4 is 0 Å². The fraction of sp³-hybridized carbons (Fsp3) is 0.250. The standard InChI is InChI=1S/C20H22O2S2/c1-16(20(21)22)19(24-15-18-10-6-3-7-11-18)12-13-23-14-17-8-4-2-5-9-17/h2-11,19H,1,12-15H2,(H,21,22). The zero-order chi connectivity index (χ0) is 17.2. The number of hydrogen-bond acceptors (Lipinski definition) is 3. The molecule has 0 saturated heterocycles. The van der Waals surface area contributed by atoms with Crippen molar-refractivity contribution < 1.29 is 9.90 Å². The van der Waals surface area contributed by atoms with Crippen LogP contribution in [0, 0.1) is 0 Å². The Morgan fingerprint density at radius 3 is 2.04 bits per heavy atom. The van der Waals surface area contributed by atoms with Crippen LogP contribution in [0.3, 0.4) is 0 Å². The molecule has 4 heteroatoms. The lowest BCUT2D eigenvalue weighted by Crippen LogP contribution is -2.15. The summed E-state index contributed by atoms with van der Waals surface area (Å²) in [5.41, 5.74) is 2.81. The zero-order valence-corrected chi connectivity index (χ0v) is 15.2. The molecule has 1 unspecified atom stereocenters. The van der Waals surface area contributed by atoms with Crippen molar-refractivity contribution in [3.8, 4) is 0 Å². The van der Waals surface area contributed by atoms with Gasteiger partial charge in [-0.1, -0.05) is 67.2 Å². The van der Waals surface area contributed by atoms with E-state index in [4.69, 9.17) is 0 Å². The molecular weight excluding hydrogens is 336 g/mol. The van der Waals surface area contributed by atoms with Crippen molar-refractivity contribution in [3.63, 3.8) is 0 Å². The molecule has 0 bridgehead atoms. The lowest BCUT2D eigenvalue weighted by atomic mass is 10.2. The van der Waals surface area contributed by atoms with Gasteiger partial charge in [-0.15, -0.1) is 11.8 Å². The molecule has 0 aromatic heterocycles. The van der Waals surface area contributed by atoms with E-state index in [2.05, 4.69) is 30.8 Å². The Hall–Kier alpha value is -1.65. The van der Waals surface area contributed by atoms with E-state index in [0.29, 0.717) is 5.57 Å². The van der Waals surface area contributed by atoms with Crippen LogP contribution in [0.1, 0.15) is 17.5 Å². The number of carbonyl (C=O) groups is 1. The second kappa shape index (κ2) is 10.3. The largest absolute Gasteiger partial charge is 0.478 e. The number of carboxylic acid groups (broad SMARTS) is 1. The van der Waals surface area contributed by atoms with E-state index < -0.39 is 5.97 Å². The number of benzene rings is 2. The highest BCUT2D eigenvalue weighted by molar-refractivity contribution is 7.99. The van der Waals surface area contributed by atoms with Gasteiger partial charge in [-0.25, -0.2) is 4.79 Å². The predicted octanol–water partition coefficient (Wildman–Crippen LogP) is 5.25. The molecule has 2 aromatic carbocycles. The summed E-state index contributed by atoms with van der Waals surface area (Å²) < 4.78 is 0. The molecule has 24 heavy (non-hydrogen) atoms. The van der Waals surface area contributed by atoms with Gasteiger partial charge in [-0.2, -0.15) is 11.8 Å². The Bertz CT molecular complexity index is 641. The normalized spacial score (nSPS) is 11.8. The number of thioether (sulfide) groups is 2. The van der Waals surface area contributed by atoms with Crippen LogP contribution in [-0.4, -0.2) is 22.1 Å². The van der Waals surface area contributed by atoms with Crippen LogP contribution in [0.15, 0.2) is 72.8 Å². The van der Waals surface area contributed by atoms with Gasteiger partial charge in [0.2, 0.25) is 0 Å². The topological polar surface area (TPSA) is 37.3 Å². The van der Waals surface area contributed by atoms with Crippen molar-refractivity contribution in [1.82, 2.24) is 0 Å². The molecule has 0 aliphatic carbocycles. The maximum Gasteiger partial charge on any atom is 0.332 e. The molecule has 0 aliphatic rings. The fourth-order valence-electron chi connectivity index (χ4n) is 2.22. The quantitative estimate of drug-likeness (QED) is 0.465. The van der Waals surface area contributed by atoms with Crippen LogP contribution in [-0.2, 0) is 16.3 Å². The Labute approximate surface area is 152 Å². The first-order chi connectivity index (χ1) is 11.7. The Morgan fingerprint density at radius 1 is 0.958 bits per heavy atom. The first-order valence-corrected chi connectivity index (χ1v) is 10.1. The third-order valence-corrected chi connectivity index (χ3v) is 6.08. The summed E-state index contributed by atoms with van der Waals surface area (Å²) in [4.78, 5) is 11.3. The lowest BCUT2D eigenvalue weighted by molar-refractivity contribution is -0.132. The Balaban J connectivity index is 1.82. The molecule has 2 nitrogen and oxygen atoms in total. The summed E-state index contributed by atoms with van der Waals surface area (Å²) in [6, 6.07) is 20.5. The highest BCUT2D eigenvalue weighted by atomic mass is 32.2. The fourth-order valence-corrected chi connectivity index (χ4v) is 4.52. The van der Waals surface area contributed by atoms with E-state index in [9.17, 15) is 9.90 Å². The monoisotopic (exact) mass is 358 g/mol. The second-order valence-electron chi connectivity index (χ2n) is 5.44. The van der Waals surface area contributed by atoms with E-state index in [1.54, 1.807) is 11.8 Å². The van der Waals surface area contributed by atoms with Crippen molar-refractivity contribution in [2.75, 3.05) is 5.75 Å². The maximum atomic E-state index is 11.3. The molecule has 0 spiro atoms. The van der Waals surface area contributed by atoms with Gasteiger partial charge in [-0.3, -0.25) is 0 Å². The molecule has 0 aliphatic heterocycles. The first-order valence-electron chi connectivity index (χ1n) is 7.86. The lowest BCUT2D eigenvalue weighted by Gasteiger charge is -2.16. The van der Waals surface area contributed by atoms with Crippen LogP contribution in [0.25, 0.3) is 0 Å². The van der Waals surface area contributed by atoms with Gasteiger partial charge >= 0.3 is 5.97 Å². The minimum Gasteiger partial charge on any atom is -0.478 e. The minimum absolute atomic E-state index is 0.0500. The molecule has 0 saturated carbocycles. The molecule has 126 valence electrons.